The zero-order valence-electron chi connectivity index (χ0n) is 18.3. The summed E-state index contributed by atoms with van der Waals surface area (Å²) in [4.78, 5) is 17.3. The molecule has 34 heavy (non-hydrogen) atoms. The first-order valence-electron chi connectivity index (χ1n) is 10.2. The van der Waals surface area contributed by atoms with Gasteiger partial charge in [-0.1, -0.05) is 29.5 Å². The van der Waals surface area contributed by atoms with E-state index in [0.29, 0.717) is 21.0 Å². The van der Waals surface area contributed by atoms with Crippen molar-refractivity contribution in [3.05, 3.63) is 78.4 Å². The fourth-order valence-electron chi connectivity index (χ4n) is 3.35. The molecule has 8 nitrogen and oxygen atoms in total. The number of thiazole rings is 1. The van der Waals surface area contributed by atoms with Crippen LogP contribution in [-0.4, -0.2) is 40.5 Å². The van der Waals surface area contributed by atoms with Crippen molar-refractivity contribution >= 4 is 58.1 Å². The first-order chi connectivity index (χ1) is 16.1. The van der Waals surface area contributed by atoms with Gasteiger partial charge in [0, 0.05) is 18.4 Å². The Morgan fingerprint density at radius 1 is 0.941 bits per heavy atom. The van der Waals surface area contributed by atoms with E-state index >= 15 is 0 Å². The number of fused-ring (bicyclic) bond motifs is 1. The molecule has 0 fully saturated rings. The van der Waals surface area contributed by atoms with Gasteiger partial charge < -0.3 is 0 Å². The van der Waals surface area contributed by atoms with Crippen LogP contribution in [0, 0.1) is 0 Å². The van der Waals surface area contributed by atoms with Crippen LogP contribution in [0.2, 0.25) is 0 Å². The normalized spacial score (nSPS) is 11.9. The van der Waals surface area contributed by atoms with Gasteiger partial charge in [-0.2, -0.15) is 0 Å². The summed E-state index contributed by atoms with van der Waals surface area (Å²) >= 11 is 1.15. The number of amides is 1. The number of para-hydroxylation sites is 1. The van der Waals surface area contributed by atoms with Crippen LogP contribution in [0.5, 0.6) is 0 Å². The van der Waals surface area contributed by atoms with Crippen molar-refractivity contribution in [3.63, 3.8) is 0 Å². The highest BCUT2D eigenvalue weighted by Gasteiger charge is 2.24. The van der Waals surface area contributed by atoms with Crippen LogP contribution in [0.25, 0.3) is 10.2 Å². The van der Waals surface area contributed by atoms with E-state index in [2.05, 4.69) is 10.3 Å². The highest BCUT2D eigenvalue weighted by molar-refractivity contribution is 7.92. The zero-order valence-corrected chi connectivity index (χ0v) is 20.7. The second kappa shape index (κ2) is 9.16. The molecule has 0 aliphatic carbocycles. The molecule has 1 amide bonds. The number of anilines is 2. The molecule has 4 aromatic rings. The summed E-state index contributed by atoms with van der Waals surface area (Å²) in [5, 5.41) is 2.99. The molecule has 1 aromatic heterocycles. The van der Waals surface area contributed by atoms with Crippen LogP contribution >= 0.6 is 11.3 Å². The lowest BCUT2D eigenvalue weighted by atomic mass is 10.2. The first-order valence-corrected chi connectivity index (χ1v) is 14.3. The second-order valence-electron chi connectivity index (χ2n) is 7.40. The smallest absolute Gasteiger partial charge is 0.264 e. The van der Waals surface area contributed by atoms with E-state index in [1.807, 2.05) is 6.07 Å². The fraction of sp³-hybridized carbons (Fsp3) is 0.130. The molecule has 0 aliphatic rings. The minimum Gasteiger partial charge on any atom is -0.298 e. The Labute approximate surface area is 201 Å². The average Bonchev–Trinajstić information content (AvgIpc) is 3.21. The molecule has 0 unspecified atom stereocenters. The SMILES string of the molecule is CCN(c1ccccc1)S(=O)(=O)c1ccc(C(=O)Nc2nc3ccc(S(C)(=O)=O)cc3s2)cc1. The van der Waals surface area contributed by atoms with Crippen LogP contribution in [-0.2, 0) is 19.9 Å². The number of hydrogen-bond donors (Lipinski definition) is 1. The number of benzene rings is 3. The largest absolute Gasteiger partial charge is 0.298 e. The third-order valence-electron chi connectivity index (χ3n) is 5.04. The number of hydrogen-bond acceptors (Lipinski definition) is 7. The Morgan fingerprint density at radius 2 is 1.59 bits per heavy atom. The number of nitrogens with one attached hydrogen (secondary N) is 1. The zero-order chi connectivity index (χ0) is 24.5. The Kier molecular flexibility index (Phi) is 6.43. The van der Waals surface area contributed by atoms with Crippen molar-refractivity contribution < 1.29 is 21.6 Å². The maximum Gasteiger partial charge on any atom is 0.264 e. The summed E-state index contributed by atoms with van der Waals surface area (Å²) in [6, 6.07) is 19.0. The van der Waals surface area contributed by atoms with Crippen LogP contribution < -0.4 is 9.62 Å². The second-order valence-corrected chi connectivity index (χ2v) is 12.3. The number of carbonyl (C=O) groups is 1. The van der Waals surface area contributed by atoms with Crippen molar-refractivity contribution in [2.75, 3.05) is 22.4 Å². The highest BCUT2D eigenvalue weighted by atomic mass is 32.2. The van der Waals surface area contributed by atoms with Gasteiger partial charge in [-0.15, -0.1) is 0 Å². The number of carbonyl (C=O) groups excluding carboxylic acids is 1. The van der Waals surface area contributed by atoms with Gasteiger partial charge in [0.2, 0.25) is 0 Å². The lowest BCUT2D eigenvalue weighted by Gasteiger charge is -2.22. The van der Waals surface area contributed by atoms with Crippen molar-refractivity contribution in [2.45, 2.75) is 16.7 Å². The summed E-state index contributed by atoms with van der Waals surface area (Å²) in [6.07, 6.45) is 1.13. The van der Waals surface area contributed by atoms with Crippen LogP contribution in [0.1, 0.15) is 17.3 Å². The molecule has 3 aromatic carbocycles. The van der Waals surface area contributed by atoms with Crippen LogP contribution in [0.3, 0.4) is 0 Å². The standard InChI is InChI=1S/C23H21N3O5S3/c1-3-26(17-7-5-4-6-8-17)34(30,31)18-11-9-16(10-12-18)22(27)25-23-24-20-14-13-19(33(2,28)29)15-21(20)32-23/h4-15H,3H2,1-2H3,(H,24,25,27). The molecule has 0 radical (unpaired) electrons. The molecule has 0 aliphatic heterocycles. The quantitative estimate of drug-likeness (QED) is 0.395. The fourth-order valence-corrected chi connectivity index (χ4v) is 6.45. The van der Waals surface area contributed by atoms with Crippen LogP contribution in [0.4, 0.5) is 10.8 Å². The van der Waals surface area contributed by atoms with Gasteiger partial charge in [-0.05, 0) is 61.5 Å². The third-order valence-corrected chi connectivity index (χ3v) is 9.01. The number of nitrogens with zero attached hydrogens (tertiary/aromatic N) is 2. The molecule has 0 bridgehead atoms. The monoisotopic (exact) mass is 515 g/mol. The lowest BCUT2D eigenvalue weighted by Crippen LogP contribution is -2.30. The predicted molar refractivity (Wildman–Crippen MR) is 134 cm³/mol. The highest BCUT2D eigenvalue weighted by Crippen LogP contribution is 2.29. The number of aromatic nitrogens is 1. The minimum absolute atomic E-state index is 0.0723. The number of sulfonamides is 1. The maximum absolute atomic E-state index is 13.1. The minimum atomic E-state index is -3.80. The van der Waals surface area contributed by atoms with Crippen LogP contribution in [0.15, 0.2) is 82.6 Å². The topological polar surface area (TPSA) is 114 Å². The summed E-state index contributed by atoms with van der Waals surface area (Å²) in [5.74, 6) is -0.457. The Balaban J connectivity index is 1.54. The van der Waals surface area contributed by atoms with Gasteiger partial charge in [-0.25, -0.2) is 21.8 Å². The van der Waals surface area contributed by atoms with Crippen molar-refractivity contribution in [3.8, 4) is 0 Å². The van der Waals surface area contributed by atoms with E-state index < -0.39 is 25.8 Å². The predicted octanol–water partition coefficient (Wildman–Crippen LogP) is 4.17. The van der Waals surface area contributed by atoms with Crippen molar-refractivity contribution in [1.29, 1.82) is 0 Å². The molecular formula is C23H21N3O5S3. The third kappa shape index (κ3) is 4.81. The molecule has 4 rings (SSSR count). The molecule has 0 saturated heterocycles. The number of rotatable bonds is 7. The van der Waals surface area contributed by atoms with E-state index in [9.17, 15) is 21.6 Å². The summed E-state index contributed by atoms with van der Waals surface area (Å²) < 4.78 is 51.6. The summed E-state index contributed by atoms with van der Waals surface area (Å²) in [7, 11) is -7.15. The molecule has 1 heterocycles. The Hall–Kier alpha value is -3.28. The van der Waals surface area contributed by atoms with Gasteiger partial charge >= 0.3 is 0 Å². The maximum atomic E-state index is 13.1. The van der Waals surface area contributed by atoms with E-state index in [1.54, 1.807) is 37.3 Å². The number of sulfone groups is 1. The first kappa shape index (κ1) is 23.9. The average molecular weight is 516 g/mol. The summed E-state index contributed by atoms with van der Waals surface area (Å²) in [5.41, 5.74) is 1.38. The van der Waals surface area contributed by atoms with Crippen molar-refractivity contribution in [1.82, 2.24) is 4.98 Å². The lowest BCUT2D eigenvalue weighted by molar-refractivity contribution is 0.102. The van der Waals surface area contributed by atoms with Gasteiger partial charge in [0.1, 0.15) is 0 Å². The van der Waals surface area contributed by atoms with E-state index in [1.165, 1.54) is 40.7 Å². The van der Waals surface area contributed by atoms with Crippen molar-refractivity contribution in [2.24, 2.45) is 0 Å². The van der Waals surface area contributed by atoms with E-state index in [4.69, 9.17) is 0 Å². The molecule has 0 atom stereocenters. The van der Waals surface area contributed by atoms with E-state index in [0.717, 1.165) is 17.6 Å². The summed E-state index contributed by atoms with van der Waals surface area (Å²) in [6.45, 7) is 2.01. The van der Waals surface area contributed by atoms with Gasteiger partial charge in [0.25, 0.3) is 15.9 Å². The molecule has 0 spiro atoms. The molecule has 11 heteroatoms. The molecule has 176 valence electrons. The van der Waals surface area contributed by atoms with Gasteiger partial charge in [0.05, 0.1) is 25.7 Å². The van der Waals surface area contributed by atoms with E-state index in [-0.39, 0.29) is 21.9 Å². The van der Waals surface area contributed by atoms with Gasteiger partial charge in [-0.3, -0.25) is 14.4 Å². The molecule has 0 saturated carbocycles. The Bertz CT molecular complexity index is 1560. The van der Waals surface area contributed by atoms with Gasteiger partial charge in [0.15, 0.2) is 15.0 Å². The molecular weight excluding hydrogens is 494 g/mol. The molecule has 1 N–H and O–H groups in total. The Morgan fingerprint density at radius 3 is 2.21 bits per heavy atom.